The summed E-state index contributed by atoms with van der Waals surface area (Å²) in [6.45, 7) is 0. The number of carbonyl (C=O) groups is 2. The fraction of sp³-hybridized carbons (Fsp3) is 0. The molecule has 2 aromatic carbocycles. The van der Waals surface area contributed by atoms with E-state index < -0.39 is 0 Å². The van der Waals surface area contributed by atoms with Gasteiger partial charge in [-0.2, -0.15) is 0 Å². The van der Waals surface area contributed by atoms with E-state index in [1.54, 1.807) is 42.5 Å². The summed E-state index contributed by atoms with van der Waals surface area (Å²) in [5.74, 6) is -0.482. The van der Waals surface area contributed by atoms with Crippen LogP contribution >= 0.6 is 45.5 Å². The molecule has 4 nitrogen and oxygen atoms in total. The van der Waals surface area contributed by atoms with Gasteiger partial charge in [-0.1, -0.05) is 23.7 Å². The Morgan fingerprint density at radius 3 is 2.32 bits per heavy atom. The van der Waals surface area contributed by atoms with Crippen LogP contribution in [0.1, 0.15) is 20.0 Å². The summed E-state index contributed by atoms with van der Waals surface area (Å²) in [5.41, 5.74) is 1.58. The maximum atomic E-state index is 12.4. The van der Waals surface area contributed by atoms with Crippen molar-refractivity contribution in [3.63, 3.8) is 0 Å². The van der Waals surface area contributed by atoms with Crippen LogP contribution < -0.4 is 10.6 Å². The molecule has 2 N–H and O–H groups in total. The summed E-state index contributed by atoms with van der Waals surface area (Å²) in [6.07, 6.45) is 0. The first-order valence-corrected chi connectivity index (χ1v) is 9.58. The van der Waals surface area contributed by atoms with Crippen LogP contribution in [0.15, 0.2) is 60.0 Å². The Morgan fingerprint density at radius 1 is 0.920 bits per heavy atom. The highest BCUT2D eigenvalue weighted by Gasteiger charge is 2.12. The second-order valence-corrected chi connectivity index (χ2v) is 7.69. The fourth-order valence-corrected chi connectivity index (χ4v) is 3.46. The SMILES string of the molecule is O=C(Nc1cccc(NC(=O)c2cc(I)ccc2Cl)c1)c1cccs1. The lowest BCUT2D eigenvalue weighted by Gasteiger charge is -2.09. The molecule has 7 heteroatoms. The quantitative estimate of drug-likeness (QED) is 0.482. The summed E-state index contributed by atoms with van der Waals surface area (Å²) >= 11 is 9.59. The molecule has 0 aliphatic heterocycles. The highest BCUT2D eigenvalue weighted by atomic mass is 127. The van der Waals surface area contributed by atoms with Gasteiger partial charge in [0.2, 0.25) is 0 Å². The molecular weight excluding hydrogens is 471 g/mol. The van der Waals surface area contributed by atoms with Crippen molar-refractivity contribution in [2.24, 2.45) is 0 Å². The number of benzene rings is 2. The molecule has 1 heterocycles. The predicted octanol–water partition coefficient (Wildman–Crippen LogP) is 5.51. The van der Waals surface area contributed by atoms with E-state index in [-0.39, 0.29) is 11.8 Å². The van der Waals surface area contributed by atoms with Gasteiger partial charge in [0, 0.05) is 14.9 Å². The Kier molecular flexibility index (Phi) is 5.72. The number of hydrogen-bond acceptors (Lipinski definition) is 3. The van der Waals surface area contributed by atoms with Crippen molar-refractivity contribution in [1.82, 2.24) is 0 Å². The Morgan fingerprint density at radius 2 is 1.64 bits per heavy atom. The number of hydrogen-bond donors (Lipinski definition) is 2. The molecule has 2 amide bonds. The number of rotatable bonds is 4. The Hall–Kier alpha value is -1.90. The first-order chi connectivity index (χ1) is 12.0. The number of nitrogens with one attached hydrogen (secondary N) is 2. The van der Waals surface area contributed by atoms with Crippen molar-refractivity contribution in [2.45, 2.75) is 0 Å². The lowest BCUT2D eigenvalue weighted by atomic mass is 10.2. The Bertz CT molecular complexity index is 929. The van der Waals surface area contributed by atoms with Crippen molar-refractivity contribution < 1.29 is 9.59 Å². The van der Waals surface area contributed by atoms with E-state index in [0.29, 0.717) is 26.8 Å². The number of thiophene rings is 1. The molecular formula is C18H12ClIN2O2S. The normalized spacial score (nSPS) is 10.3. The Balaban J connectivity index is 1.74. The topological polar surface area (TPSA) is 58.2 Å². The summed E-state index contributed by atoms with van der Waals surface area (Å²) in [4.78, 5) is 25.2. The second-order valence-electron chi connectivity index (χ2n) is 5.09. The van der Waals surface area contributed by atoms with Gasteiger partial charge in [-0.3, -0.25) is 9.59 Å². The second kappa shape index (κ2) is 7.99. The van der Waals surface area contributed by atoms with E-state index in [1.165, 1.54) is 11.3 Å². The fourth-order valence-electron chi connectivity index (χ4n) is 2.15. The molecule has 0 unspecified atom stereocenters. The minimum atomic E-state index is -0.301. The van der Waals surface area contributed by atoms with Gasteiger partial charge in [-0.25, -0.2) is 0 Å². The van der Waals surface area contributed by atoms with Gasteiger partial charge in [0.15, 0.2) is 0 Å². The molecule has 0 saturated heterocycles. The third-order valence-electron chi connectivity index (χ3n) is 3.30. The largest absolute Gasteiger partial charge is 0.322 e. The molecule has 0 spiro atoms. The van der Waals surface area contributed by atoms with Crippen molar-refractivity contribution >= 4 is 68.7 Å². The third kappa shape index (κ3) is 4.59. The van der Waals surface area contributed by atoms with E-state index in [9.17, 15) is 9.59 Å². The Labute approximate surface area is 167 Å². The van der Waals surface area contributed by atoms with Crippen LogP contribution in [0.3, 0.4) is 0 Å². The summed E-state index contributed by atoms with van der Waals surface area (Å²) in [5, 5.41) is 7.84. The van der Waals surface area contributed by atoms with Crippen molar-refractivity contribution in [3.05, 3.63) is 79.0 Å². The van der Waals surface area contributed by atoms with Crippen LogP contribution in [0.5, 0.6) is 0 Å². The zero-order chi connectivity index (χ0) is 17.8. The highest BCUT2D eigenvalue weighted by Crippen LogP contribution is 2.22. The number of anilines is 2. The smallest absolute Gasteiger partial charge is 0.265 e. The van der Waals surface area contributed by atoms with Gasteiger partial charge in [0.1, 0.15) is 0 Å². The van der Waals surface area contributed by atoms with Crippen LogP contribution in [0, 0.1) is 3.57 Å². The first kappa shape index (κ1) is 17.9. The van der Waals surface area contributed by atoms with E-state index in [0.717, 1.165) is 3.57 Å². The monoisotopic (exact) mass is 482 g/mol. The number of halogens is 2. The van der Waals surface area contributed by atoms with E-state index >= 15 is 0 Å². The van der Waals surface area contributed by atoms with Crippen molar-refractivity contribution in [3.8, 4) is 0 Å². The molecule has 25 heavy (non-hydrogen) atoms. The number of amides is 2. The summed E-state index contributed by atoms with van der Waals surface area (Å²) in [7, 11) is 0. The molecule has 0 radical (unpaired) electrons. The maximum absolute atomic E-state index is 12.4. The summed E-state index contributed by atoms with van der Waals surface area (Å²) in [6, 6.07) is 15.8. The zero-order valence-electron chi connectivity index (χ0n) is 12.8. The molecule has 0 fully saturated rings. The van der Waals surface area contributed by atoms with E-state index in [1.807, 2.05) is 17.5 Å². The minimum Gasteiger partial charge on any atom is -0.322 e. The average Bonchev–Trinajstić information content (AvgIpc) is 3.12. The summed E-state index contributed by atoms with van der Waals surface area (Å²) < 4.78 is 0.920. The molecule has 0 saturated carbocycles. The first-order valence-electron chi connectivity index (χ1n) is 7.24. The molecule has 0 bridgehead atoms. The van der Waals surface area contributed by atoms with Gasteiger partial charge < -0.3 is 10.6 Å². The van der Waals surface area contributed by atoms with Crippen LogP contribution in [0.4, 0.5) is 11.4 Å². The van der Waals surface area contributed by atoms with E-state index in [4.69, 9.17) is 11.6 Å². The number of carbonyl (C=O) groups excluding carboxylic acids is 2. The van der Waals surface area contributed by atoms with Crippen LogP contribution in [-0.2, 0) is 0 Å². The van der Waals surface area contributed by atoms with Gasteiger partial charge in [-0.15, -0.1) is 11.3 Å². The zero-order valence-corrected chi connectivity index (χ0v) is 16.5. The van der Waals surface area contributed by atoms with Gasteiger partial charge in [0.25, 0.3) is 11.8 Å². The lowest BCUT2D eigenvalue weighted by molar-refractivity contribution is 0.102. The molecule has 0 atom stereocenters. The maximum Gasteiger partial charge on any atom is 0.265 e. The molecule has 1 aromatic heterocycles. The van der Waals surface area contributed by atoms with Gasteiger partial charge in [0.05, 0.1) is 15.5 Å². The minimum absolute atomic E-state index is 0.181. The van der Waals surface area contributed by atoms with Crippen LogP contribution in [0.2, 0.25) is 5.02 Å². The van der Waals surface area contributed by atoms with Crippen LogP contribution in [-0.4, -0.2) is 11.8 Å². The average molecular weight is 483 g/mol. The molecule has 0 aliphatic rings. The van der Waals surface area contributed by atoms with Crippen LogP contribution in [0.25, 0.3) is 0 Å². The molecule has 0 aliphatic carbocycles. The van der Waals surface area contributed by atoms with Crippen molar-refractivity contribution in [1.29, 1.82) is 0 Å². The van der Waals surface area contributed by atoms with Gasteiger partial charge in [-0.05, 0) is 70.4 Å². The lowest BCUT2D eigenvalue weighted by Crippen LogP contribution is -2.14. The van der Waals surface area contributed by atoms with E-state index in [2.05, 4.69) is 33.2 Å². The van der Waals surface area contributed by atoms with Crippen molar-refractivity contribution in [2.75, 3.05) is 10.6 Å². The standard InChI is InChI=1S/C18H12ClIN2O2S/c19-15-7-6-11(20)9-14(15)17(23)21-12-3-1-4-13(10-12)22-18(24)16-5-2-8-25-16/h1-10H,(H,21,23)(H,22,24). The molecule has 126 valence electrons. The molecule has 3 rings (SSSR count). The molecule has 3 aromatic rings. The predicted molar refractivity (Wildman–Crippen MR) is 111 cm³/mol. The highest BCUT2D eigenvalue weighted by molar-refractivity contribution is 14.1. The third-order valence-corrected chi connectivity index (χ3v) is 5.17. The van der Waals surface area contributed by atoms with Gasteiger partial charge >= 0.3 is 0 Å².